The van der Waals surface area contributed by atoms with Gasteiger partial charge in [0.15, 0.2) is 6.54 Å². The molecule has 0 radical (unpaired) electrons. The van der Waals surface area contributed by atoms with Gasteiger partial charge in [-0.25, -0.2) is 13.7 Å². The van der Waals surface area contributed by atoms with Crippen LogP contribution in [0.1, 0.15) is 147 Å². The molecule has 0 saturated heterocycles. The van der Waals surface area contributed by atoms with Crippen LogP contribution in [-0.4, -0.2) is 89.4 Å². The summed E-state index contributed by atoms with van der Waals surface area (Å²) in [5.74, 6) is -1.18. The standard InChI is InChI=1S/C55H69N6O15P3/c1-8-61-45-29-44-42(28-41(45)33(2)30-54(61,3)4)48(43-26-34-16-12-23-59-24-13-19-40(50(34)59)49(43)55(44,5)6)38-17-9-10-18-39(38)52(65)58(7)22-14-20-47(63)56-21-11-15-35-31-60(53(66)57-51(35)64)37-25-36(46(62)27-37)32-74-78(70,71)76-79(72,73)75-77(67,68)69/h9-12,15-18,26,28-29,31,33,36-37,46,62H,8,13-14,19-25,27,30,32H2,1-7H3,(H5-,56,57,63,64,66,67,68,69,70,71,72,73)/p-3/b15-11+/t33?,36-,37-,46?/m1/s1. The van der Waals surface area contributed by atoms with Crippen LogP contribution in [0.3, 0.4) is 0 Å². The maximum absolute atomic E-state index is 14.8. The summed E-state index contributed by atoms with van der Waals surface area (Å²) >= 11 is 0. The highest BCUT2D eigenvalue weighted by Crippen LogP contribution is 2.61. The van der Waals surface area contributed by atoms with Gasteiger partial charge in [0, 0.05) is 91.0 Å². The van der Waals surface area contributed by atoms with Crippen LogP contribution >= 0.6 is 23.5 Å². The summed E-state index contributed by atoms with van der Waals surface area (Å²) in [5.41, 5.74) is 9.43. The fourth-order valence-electron chi connectivity index (χ4n) is 12.8. The van der Waals surface area contributed by atoms with Gasteiger partial charge in [0.1, 0.15) is 6.54 Å². The summed E-state index contributed by atoms with van der Waals surface area (Å²) in [4.78, 5) is 105. The molecule has 6 atom stereocenters. The molecule has 1 fully saturated rings. The number of carbonyl (C=O) groups excluding carboxylic acids is 2. The second kappa shape index (κ2) is 22.2. The number of hydrogen-bond acceptors (Lipinski definition) is 16. The van der Waals surface area contributed by atoms with E-state index < -0.39 is 59.4 Å². The average molecular weight is 1140 g/mol. The van der Waals surface area contributed by atoms with Gasteiger partial charge in [-0.1, -0.05) is 51.1 Å². The van der Waals surface area contributed by atoms with E-state index in [-0.39, 0.29) is 60.7 Å². The van der Waals surface area contributed by atoms with E-state index in [0.717, 1.165) is 65.4 Å². The van der Waals surface area contributed by atoms with Crippen LogP contribution in [0.25, 0.3) is 17.7 Å². The molecule has 424 valence electrons. The highest BCUT2D eigenvalue weighted by atomic mass is 31.3. The monoisotopic (exact) mass is 1140 g/mol. The number of nitrogens with zero attached hydrogens (tertiary/aromatic N) is 4. The molecule has 0 bridgehead atoms. The third-order valence-electron chi connectivity index (χ3n) is 16.2. The molecule has 2 aliphatic carbocycles. The molecule has 4 unspecified atom stereocenters. The number of anilines is 1. The summed E-state index contributed by atoms with van der Waals surface area (Å²) in [6.07, 6.45) is 10.6. The van der Waals surface area contributed by atoms with Crippen LogP contribution in [0, 0.1) is 5.92 Å². The number of aromatic amines is 1. The maximum atomic E-state index is 14.8. The summed E-state index contributed by atoms with van der Waals surface area (Å²) in [6.45, 7) is 16.2. The molecular weight excluding hydrogens is 1080 g/mol. The van der Waals surface area contributed by atoms with Gasteiger partial charge in [-0.05, 0) is 134 Å². The molecule has 4 aromatic rings. The first-order valence-corrected chi connectivity index (χ1v) is 31.0. The molecule has 0 spiro atoms. The third kappa shape index (κ3) is 12.0. The number of aliphatic hydroxyl groups is 1. The minimum atomic E-state index is -6.19. The van der Waals surface area contributed by atoms with Gasteiger partial charge < -0.3 is 48.9 Å². The number of nitrogens with one attached hydrogen (secondary N) is 2. The molecular formula is C55H66N6O15P3-3. The van der Waals surface area contributed by atoms with E-state index in [4.69, 9.17) is 0 Å². The predicted octanol–water partition coefficient (Wildman–Crippen LogP) is 2.81. The molecule has 4 heterocycles. The lowest BCUT2D eigenvalue weighted by molar-refractivity contribution is -0.339. The lowest BCUT2D eigenvalue weighted by atomic mass is 9.65. The number of amides is 2. The fraction of sp³-hybridized carbons (Fsp3) is 0.473. The van der Waals surface area contributed by atoms with Crippen molar-refractivity contribution in [1.82, 2.24) is 24.3 Å². The van der Waals surface area contributed by atoms with Gasteiger partial charge in [-0.2, -0.15) is 0 Å². The topological polar surface area (TPSA) is 302 Å². The number of hydrogen-bond donors (Lipinski definition) is 3. The van der Waals surface area contributed by atoms with Crippen molar-refractivity contribution in [1.29, 1.82) is 0 Å². The minimum absolute atomic E-state index is 0.00821. The Kier molecular flexibility index (Phi) is 16.3. The first kappa shape index (κ1) is 58.3. The molecule has 3 N–H and O–H groups in total. The number of aliphatic hydroxyl groups excluding tert-OH is 1. The van der Waals surface area contributed by atoms with E-state index in [9.17, 15) is 57.6 Å². The van der Waals surface area contributed by atoms with Gasteiger partial charge in [0.25, 0.3) is 27.1 Å². The first-order chi connectivity index (χ1) is 37.1. The second-order valence-electron chi connectivity index (χ2n) is 22.4. The van der Waals surface area contributed by atoms with Gasteiger partial charge in [-0.3, -0.25) is 37.4 Å². The van der Waals surface area contributed by atoms with E-state index in [0.29, 0.717) is 17.9 Å². The van der Waals surface area contributed by atoms with E-state index in [1.54, 1.807) is 11.9 Å². The first-order valence-electron chi connectivity index (χ1n) is 26.6. The Morgan fingerprint density at radius 2 is 1.76 bits per heavy atom. The molecule has 9 rings (SSSR count). The summed E-state index contributed by atoms with van der Waals surface area (Å²) in [7, 11) is -16.5. The Labute approximate surface area is 457 Å². The highest BCUT2D eigenvalue weighted by Gasteiger charge is 2.43. The second-order valence-corrected chi connectivity index (χ2v) is 26.6. The average Bonchev–Trinajstić information content (AvgIpc) is 3.58. The van der Waals surface area contributed by atoms with Gasteiger partial charge in [0.05, 0.1) is 26.1 Å². The highest BCUT2D eigenvalue weighted by molar-refractivity contribution is 7.64. The number of H-pyrrole nitrogens is 1. The molecule has 5 aliphatic rings. The largest absolute Gasteiger partial charge is 0.790 e. The Hall–Kier alpha value is -5.40. The summed E-state index contributed by atoms with van der Waals surface area (Å²) in [6, 6.07) is 14.3. The van der Waals surface area contributed by atoms with E-state index in [1.165, 1.54) is 57.2 Å². The quantitative estimate of drug-likeness (QED) is 0.0953. The van der Waals surface area contributed by atoms with Crippen molar-refractivity contribution in [2.24, 2.45) is 5.92 Å². The molecule has 3 aromatic carbocycles. The number of carbonyl (C=O) groups is 2. The van der Waals surface area contributed by atoms with Crippen molar-refractivity contribution < 1.29 is 61.1 Å². The van der Waals surface area contributed by atoms with E-state index >= 15 is 0 Å². The van der Waals surface area contributed by atoms with Gasteiger partial charge >= 0.3 is 5.69 Å². The Bertz CT molecular complexity index is 3600. The zero-order valence-corrected chi connectivity index (χ0v) is 47.9. The zero-order chi connectivity index (χ0) is 57.1. The number of phosphoric acid groups is 3. The molecule has 2 amide bonds. The molecule has 24 heteroatoms. The lowest BCUT2D eigenvalue weighted by Gasteiger charge is -2.48. The molecule has 1 aromatic heterocycles. The lowest BCUT2D eigenvalue weighted by Crippen LogP contribution is -2.49. The smallest absolute Gasteiger partial charge is 0.328 e. The van der Waals surface area contributed by atoms with Crippen molar-refractivity contribution in [3.63, 3.8) is 0 Å². The number of phosphoric ester groups is 1. The van der Waals surface area contributed by atoms with Gasteiger partial charge in [0.2, 0.25) is 11.3 Å². The van der Waals surface area contributed by atoms with E-state index in [2.05, 4.69) is 111 Å². The van der Waals surface area contributed by atoms with Crippen LogP contribution in [0.5, 0.6) is 0 Å². The summed E-state index contributed by atoms with van der Waals surface area (Å²) in [5, 5.41) is 15.9. The SMILES string of the molecule is CCN1c2cc3c(cc2C(C)CC1(C)C)C(c1ccccc1C(=O)N(C)CCCC(=O)NC/C=C/c1cn([C@H]2CC(O)[C@@H](COP(=O)([O-])OP(=O)([O-])OP(=O)([O-])[O-])C2)c(=O)[nH]c1=O)=c1cc2c4c(c1C3(C)C)CCC[N+]=4CC=C2. The number of fused-ring (bicyclic) bond motifs is 4. The van der Waals surface area contributed by atoms with Crippen LogP contribution in [0.2, 0.25) is 0 Å². The Morgan fingerprint density at radius 3 is 2.49 bits per heavy atom. The summed E-state index contributed by atoms with van der Waals surface area (Å²) < 4.78 is 49.1. The normalized spacial score (nSPS) is 22.4. The number of benzene rings is 3. The van der Waals surface area contributed by atoms with Crippen LogP contribution < -0.4 is 56.2 Å². The van der Waals surface area contributed by atoms with Gasteiger partial charge in [-0.15, -0.1) is 0 Å². The van der Waals surface area contributed by atoms with Crippen molar-refractivity contribution >= 4 is 58.7 Å². The maximum Gasteiger partial charge on any atom is 0.328 e. The van der Waals surface area contributed by atoms with Crippen molar-refractivity contribution in [2.45, 2.75) is 116 Å². The number of aromatic nitrogens is 2. The fourth-order valence-corrected chi connectivity index (χ4v) is 15.7. The predicted molar refractivity (Wildman–Crippen MR) is 289 cm³/mol. The zero-order valence-electron chi connectivity index (χ0n) is 45.2. The molecule has 1 saturated carbocycles. The number of rotatable bonds is 18. The van der Waals surface area contributed by atoms with Crippen LogP contribution in [0.4, 0.5) is 5.69 Å². The molecule has 3 aliphatic heterocycles. The molecule has 79 heavy (non-hydrogen) atoms. The molecule has 21 nitrogen and oxygen atoms in total. The van der Waals surface area contributed by atoms with E-state index in [1.807, 2.05) is 18.2 Å². The minimum Gasteiger partial charge on any atom is -0.790 e. The Morgan fingerprint density at radius 1 is 1.01 bits per heavy atom. The van der Waals surface area contributed by atoms with Crippen molar-refractivity contribution in [3.8, 4) is 0 Å². The van der Waals surface area contributed by atoms with Crippen LogP contribution in [-0.2, 0) is 43.5 Å². The van der Waals surface area contributed by atoms with Crippen molar-refractivity contribution in [2.75, 3.05) is 51.3 Å². The third-order valence-corrected chi connectivity index (χ3v) is 19.8. The van der Waals surface area contributed by atoms with Crippen LogP contribution in [0.15, 0.2) is 70.4 Å². The Balaban J connectivity index is 0.882. The van der Waals surface area contributed by atoms with Crippen molar-refractivity contribution in [3.05, 3.63) is 142 Å².